The van der Waals surface area contributed by atoms with Crippen molar-refractivity contribution in [2.45, 2.75) is 33.0 Å². The number of aromatic nitrogens is 4. The van der Waals surface area contributed by atoms with E-state index < -0.39 is 0 Å². The molecule has 6 nitrogen and oxygen atoms in total. The number of imidazole rings is 1. The highest BCUT2D eigenvalue weighted by Gasteiger charge is 2.14. The van der Waals surface area contributed by atoms with Gasteiger partial charge in [-0.3, -0.25) is 4.90 Å². The Hall–Kier alpha value is -2.70. The van der Waals surface area contributed by atoms with Crippen LogP contribution in [0.2, 0.25) is 0 Å². The molecule has 0 aliphatic heterocycles. The molecule has 4 aromatic rings. The molecule has 2 N–H and O–H groups in total. The topological polar surface area (TPSA) is 69.8 Å². The highest BCUT2D eigenvalue weighted by Crippen LogP contribution is 2.29. The lowest BCUT2D eigenvalue weighted by Crippen LogP contribution is -2.32. The van der Waals surface area contributed by atoms with Crippen LogP contribution in [0.1, 0.15) is 24.7 Å². The molecule has 140 valence electrons. The maximum Gasteiger partial charge on any atom is 0.158 e. The molecule has 0 aliphatic carbocycles. The molecular weight excluding hydrogens is 338 g/mol. The van der Waals surface area contributed by atoms with E-state index in [1.807, 2.05) is 19.2 Å². The summed E-state index contributed by atoms with van der Waals surface area (Å²) in [6.07, 6.45) is 2.91. The number of ether oxygens (including phenoxy) is 1. The van der Waals surface area contributed by atoms with Crippen LogP contribution in [0, 0.1) is 6.92 Å². The Balaban J connectivity index is 1.68. The van der Waals surface area contributed by atoms with E-state index in [9.17, 15) is 0 Å². The van der Waals surface area contributed by atoms with Gasteiger partial charge in [0.15, 0.2) is 5.65 Å². The van der Waals surface area contributed by atoms with Gasteiger partial charge in [0.2, 0.25) is 0 Å². The lowest BCUT2D eigenvalue weighted by Gasteiger charge is -2.25. The number of nitrogens with one attached hydrogen (secondary N) is 2. The molecule has 3 aromatic heterocycles. The van der Waals surface area contributed by atoms with Crippen LogP contribution in [0.4, 0.5) is 0 Å². The van der Waals surface area contributed by atoms with Gasteiger partial charge in [0.1, 0.15) is 17.6 Å². The number of H-pyrrole nitrogens is 2. The monoisotopic (exact) mass is 363 g/mol. The van der Waals surface area contributed by atoms with E-state index in [0.29, 0.717) is 0 Å². The van der Waals surface area contributed by atoms with Crippen LogP contribution in [0.25, 0.3) is 33.3 Å². The van der Waals surface area contributed by atoms with Gasteiger partial charge in [-0.1, -0.05) is 13.0 Å². The average Bonchev–Trinajstić information content (AvgIpc) is 3.24. The molecule has 0 saturated heterocycles. The number of benzene rings is 1. The number of fused-ring (bicyclic) bond motifs is 2. The molecule has 0 spiro atoms. The van der Waals surface area contributed by atoms with Gasteiger partial charge in [0, 0.05) is 42.0 Å². The van der Waals surface area contributed by atoms with E-state index in [0.717, 1.165) is 46.7 Å². The van der Waals surface area contributed by atoms with E-state index >= 15 is 0 Å². The molecule has 0 aliphatic rings. The van der Waals surface area contributed by atoms with Gasteiger partial charge in [0.05, 0.1) is 0 Å². The van der Waals surface area contributed by atoms with Crippen molar-refractivity contribution in [1.29, 1.82) is 0 Å². The SMILES string of the molecule is CCC(OC)N(C)Cc1ccc2[nH]c(-c3ccnc4[nH]c(C)nc34)cc2c1. The van der Waals surface area contributed by atoms with Crippen LogP contribution in [0.5, 0.6) is 0 Å². The van der Waals surface area contributed by atoms with E-state index in [4.69, 9.17) is 4.74 Å². The third-order valence-electron chi connectivity index (χ3n) is 5.02. The first kappa shape index (κ1) is 17.7. The largest absolute Gasteiger partial charge is 0.366 e. The third kappa shape index (κ3) is 3.34. The molecule has 1 atom stereocenters. The van der Waals surface area contributed by atoms with Gasteiger partial charge < -0.3 is 14.7 Å². The molecule has 1 aromatic carbocycles. The summed E-state index contributed by atoms with van der Waals surface area (Å²) >= 11 is 0. The first-order valence-electron chi connectivity index (χ1n) is 9.25. The number of hydrogen-bond acceptors (Lipinski definition) is 4. The number of hydrogen-bond donors (Lipinski definition) is 2. The Morgan fingerprint density at radius 2 is 2.04 bits per heavy atom. The van der Waals surface area contributed by atoms with Crippen LogP contribution >= 0.6 is 0 Å². The van der Waals surface area contributed by atoms with Gasteiger partial charge in [-0.05, 0) is 50.2 Å². The van der Waals surface area contributed by atoms with Crippen LogP contribution in [-0.2, 0) is 11.3 Å². The van der Waals surface area contributed by atoms with Crippen LogP contribution in [0.15, 0.2) is 36.5 Å². The minimum Gasteiger partial charge on any atom is -0.366 e. The first-order chi connectivity index (χ1) is 13.1. The predicted octanol–water partition coefficient (Wildman–Crippen LogP) is 4.23. The van der Waals surface area contributed by atoms with E-state index in [1.54, 1.807) is 7.11 Å². The summed E-state index contributed by atoms with van der Waals surface area (Å²) in [5.41, 5.74) is 6.21. The summed E-state index contributed by atoms with van der Waals surface area (Å²) in [4.78, 5) is 17.9. The highest BCUT2D eigenvalue weighted by atomic mass is 16.5. The van der Waals surface area contributed by atoms with E-state index in [1.165, 1.54) is 10.9 Å². The Labute approximate surface area is 158 Å². The van der Waals surface area contributed by atoms with Crippen molar-refractivity contribution in [3.05, 3.63) is 47.9 Å². The third-order valence-corrected chi connectivity index (χ3v) is 5.02. The number of aromatic amines is 2. The molecule has 0 bridgehead atoms. The molecule has 0 saturated carbocycles. The van der Waals surface area contributed by atoms with Crippen LogP contribution in [0.3, 0.4) is 0 Å². The lowest BCUT2D eigenvalue weighted by atomic mass is 10.1. The molecule has 0 amide bonds. The summed E-state index contributed by atoms with van der Waals surface area (Å²) in [6.45, 7) is 4.93. The second-order valence-corrected chi connectivity index (χ2v) is 7.00. The van der Waals surface area contributed by atoms with Crippen LogP contribution < -0.4 is 0 Å². The van der Waals surface area contributed by atoms with E-state index in [2.05, 4.69) is 63.1 Å². The minimum atomic E-state index is 0.135. The van der Waals surface area contributed by atoms with Crippen molar-refractivity contribution in [3.8, 4) is 11.3 Å². The molecular formula is C21H25N5O. The standard InChI is InChI=1S/C21H25N5O/c1-5-19(27-4)26(3)12-14-6-7-17-15(10-14)11-18(25-17)16-8-9-22-21-20(16)23-13(2)24-21/h6-11,19,25H,5,12H2,1-4H3,(H,22,23,24). The minimum absolute atomic E-state index is 0.135. The predicted molar refractivity (Wildman–Crippen MR) is 108 cm³/mol. The quantitative estimate of drug-likeness (QED) is 0.503. The zero-order valence-electron chi connectivity index (χ0n) is 16.2. The maximum atomic E-state index is 5.53. The van der Waals surface area contributed by atoms with Gasteiger partial charge >= 0.3 is 0 Å². The van der Waals surface area contributed by atoms with Crippen molar-refractivity contribution in [2.24, 2.45) is 0 Å². The molecule has 0 fully saturated rings. The molecule has 4 rings (SSSR count). The normalized spacial score (nSPS) is 13.1. The summed E-state index contributed by atoms with van der Waals surface area (Å²) < 4.78 is 5.53. The van der Waals surface area contributed by atoms with Crippen molar-refractivity contribution in [1.82, 2.24) is 24.8 Å². The van der Waals surface area contributed by atoms with Gasteiger partial charge in [-0.2, -0.15) is 0 Å². The van der Waals surface area contributed by atoms with E-state index in [-0.39, 0.29) is 6.23 Å². The number of rotatable bonds is 6. The molecule has 1 unspecified atom stereocenters. The number of methoxy groups -OCH3 is 1. The Bertz CT molecular complexity index is 1080. The van der Waals surface area contributed by atoms with Gasteiger partial charge in [-0.15, -0.1) is 0 Å². The fourth-order valence-electron chi connectivity index (χ4n) is 3.72. The molecule has 0 radical (unpaired) electrons. The average molecular weight is 363 g/mol. The summed E-state index contributed by atoms with van der Waals surface area (Å²) in [5, 5.41) is 1.19. The Kier molecular flexibility index (Phi) is 4.68. The number of aryl methyl sites for hydroxylation is 1. The van der Waals surface area contributed by atoms with Gasteiger partial charge in [0.25, 0.3) is 0 Å². The Morgan fingerprint density at radius 3 is 2.81 bits per heavy atom. The fraction of sp³-hybridized carbons (Fsp3) is 0.333. The lowest BCUT2D eigenvalue weighted by molar-refractivity contribution is -0.0242. The second-order valence-electron chi connectivity index (χ2n) is 7.00. The summed E-state index contributed by atoms with van der Waals surface area (Å²) in [7, 11) is 3.86. The second kappa shape index (κ2) is 7.13. The summed E-state index contributed by atoms with van der Waals surface area (Å²) in [5.74, 6) is 0.870. The zero-order valence-corrected chi connectivity index (χ0v) is 16.2. The van der Waals surface area contributed by atoms with Crippen molar-refractivity contribution in [3.63, 3.8) is 0 Å². The van der Waals surface area contributed by atoms with Crippen molar-refractivity contribution in [2.75, 3.05) is 14.2 Å². The number of nitrogens with zero attached hydrogens (tertiary/aromatic N) is 3. The molecule has 3 heterocycles. The van der Waals surface area contributed by atoms with Crippen LogP contribution in [-0.4, -0.2) is 45.2 Å². The molecule has 6 heteroatoms. The first-order valence-corrected chi connectivity index (χ1v) is 9.25. The zero-order chi connectivity index (χ0) is 19.0. The fourth-order valence-corrected chi connectivity index (χ4v) is 3.72. The highest BCUT2D eigenvalue weighted by molar-refractivity contribution is 5.94. The van der Waals surface area contributed by atoms with Crippen molar-refractivity contribution >= 4 is 22.1 Å². The molecule has 27 heavy (non-hydrogen) atoms. The van der Waals surface area contributed by atoms with Gasteiger partial charge in [-0.25, -0.2) is 9.97 Å². The Morgan fingerprint density at radius 1 is 1.19 bits per heavy atom. The van der Waals surface area contributed by atoms with Crippen molar-refractivity contribution < 1.29 is 4.74 Å². The number of pyridine rings is 1. The maximum absolute atomic E-state index is 5.53. The smallest absolute Gasteiger partial charge is 0.158 e. The summed E-state index contributed by atoms with van der Waals surface area (Å²) in [6, 6.07) is 10.7.